The number of nitrogens with one attached hydrogen (secondary N) is 1. The van der Waals surface area contributed by atoms with Crippen LogP contribution in [0.2, 0.25) is 0 Å². The summed E-state index contributed by atoms with van der Waals surface area (Å²) in [4.78, 5) is 12.5. The molecule has 0 saturated heterocycles. The van der Waals surface area contributed by atoms with Gasteiger partial charge in [-0.2, -0.15) is 5.10 Å². The molecule has 2 aromatic heterocycles. The number of pyridine rings is 1. The minimum Gasteiger partial charge on any atom is -0.322 e. The number of benzene rings is 1. The number of aryl methyl sites for hydroxylation is 1. The van der Waals surface area contributed by atoms with Gasteiger partial charge in [0.1, 0.15) is 0 Å². The van der Waals surface area contributed by atoms with Crippen LogP contribution >= 0.6 is 15.9 Å². The first-order chi connectivity index (χ1) is 10.2. The molecular formula is C16H14BrN3O. The number of halogens is 1. The Morgan fingerprint density at radius 2 is 2.19 bits per heavy atom. The molecular weight excluding hydrogens is 330 g/mol. The molecule has 0 atom stereocenters. The largest absolute Gasteiger partial charge is 0.322 e. The molecule has 0 aliphatic rings. The fraction of sp³-hybridized carbons (Fsp3) is 0.125. The number of amides is 1. The molecule has 1 aromatic carbocycles. The zero-order valence-electron chi connectivity index (χ0n) is 11.5. The Morgan fingerprint density at radius 3 is 3.00 bits per heavy atom. The van der Waals surface area contributed by atoms with Crippen LogP contribution in [0, 0.1) is 0 Å². The Kier molecular flexibility index (Phi) is 3.75. The number of aromatic nitrogens is 2. The quantitative estimate of drug-likeness (QED) is 0.783. The van der Waals surface area contributed by atoms with Crippen molar-refractivity contribution in [3.05, 3.63) is 64.4 Å². The molecule has 21 heavy (non-hydrogen) atoms. The summed E-state index contributed by atoms with van der Waals surface area (Å²) in [6.45, 7) is 2.06. The van der Waals surface area contributed by atoms with E-state index >= 15 is 0 Å². The summed E-state index contributed by atoms with van der Waals surface area (Å²) in [5.41, 5.74) is 3.29. The van der Waals surface area contributed by atoms with Crippen molar-refractivity contribution in [2.24, 2.45) is 0 Å². The third-order valence-corrected chi connectivity index (χ3v) is 3.86. The first kappa shape index (κ1) is 13.8. The minimum atomic E-state index is -0.145. The summed E-state index contributed by atoms with van der Waals surface area (Å²) in [7, 11) is 0. The van der Waals surface area contributed by atoms with Crippen molar-refractivity contribution in [1.82, 2.24) is 9.61 Å². The summed E-state index contributed by atoms with van der Waals surface area (Å²) in [5, 5.41) is 7.16. The Balaban J connectivity index is 1.93. The average molecular weight is 344 g/mol. The molecule has 0 aliphatic heterocycles. The first-order valence-electron chi connectivity index (χ1n) is 6.71. The molecule has 106 valence electrons. The molecule has 3 rings (SSSR count). The van der Waals surface area contributed by atoms with Crippen LogP contribution in [0.5, 0.6) is 0 Å². The van der Waals surface area contributed by atoms with Crippen molar-refractivity contribution in [2.75, 3.05) is 5.32 Å². The van der Waals surface area contributed by atoms with Crippen LogP contribution in [-0.2, 0) is 6.42 Å². The van der Waals surface area contributed by atoms with Gasteiger partial charge in [-0.15, -0.1) is 0 Å². The van der Waals surface area contributed by atoms with E-state index in [0.29, 0.717) is 5.56 Å². The number of rotatable bonds is 3. The van der Waals surface area contributed by atoms with Gasteiger partial charge in [0, 0.05) is 16.4 Å². The van der Waals surface area contributed by atoms with Gasteiger partial charge in [-0.25, -0.2) is 4.52 Å². The molecule has 0 unspecified atom stereocenters. The first-order valence-corrected chi connectivity index (χ1v) is 7.50. The van der Waals surface area contributed by atoms with Crippen molar-refractivity contribution in [3.8, 4) is 0 Å². The van der Waals surface area contributed by atoms with Gasteiger partial charge >= 0.3 is 0 Å². The molecule has 4 nitrogen and oxygen atoms in total. The number of nitrogens with zero attached hydrogens (tertiary/aromatic N) is 2. The molecule has 0 saturated carbocycles. The summed E-state index contributed by atoms with van der Waals surface area (Å²) < 4.78 is 2.70. The van der Waals surface area contributed by atoms with Gasteiger partial charge in [0.2, 0.25) is 0 Å². The molecule has 0 bridgehead atoms. The lowest BCUT2D eigenvalue weighted by molar-refractivity contribution is 0.102. The van der Waals surface area contributed by atoms with E-state index < -0.39 is 0 Å². The van der Waals surface area contributed by atoms with E-state index in [4.69, 9.17) is 0 Å². The van der Waals surface area contributed by atoms with Crippen LogP contribution in [0.4, 0.5) is 5.69 Å². The van der Waals surface area contributed by atoms with Crippen molar-refractivity contribution in [1.29, 1.82) is 0 Å². The number of anilines is 1. The minimum absolute atomic E-state index is 0.145. The molecule has 0 radical (unpaired) electrons. The number of carbonyl (C=O) groups excluding carboxylic acids is 1. The van der Waals surface area contributed by atoms with Crippen LogP contribution in [0.3, 0.4) is 0 Å². The summed E-state index contributed by atoms with van der Waals surface area (Å²) in [6.07, 6.45) is 4.27. The normalized spacial score (nSPS) is 10.8. The van der Waals surface area contributed by atoms with E-state index in [-0.39, 0.29) is 5.91 Å². The summed E-state index contributed by atoms with van der Waals surface area (Å²) >= 11 is 3.45. The average Bonchev–Trinajstić information content (AvgIpc) is 2.93. The van der Waals surface area contributed by atoms with Crippen LogP contribution in [0.25, 0.3) is 5.52 Å². The zero-order valence-corrected chi connectivity index (χ0v) is 13.1. The van der Waals surface area contributed by atoms with Crippen molar-refractivity contribution in [3.63, 3.8) is 0 Å². The molecule has 5 heteroatoms. The smallest absolute Gasteiger partial charge is 0.259 e. The third kappa shape index (κ3) is 2.69. The fourth-order valence-electron chi connectivity index (χ4n) is 2.28. The molecule has 3 aromatic rings. The highest BCUT2D eigenvalue weighted by molar-refractivity contribution is 9.10. The second-order valence-electron chi connectivity index (χ2n) is 4.70. The maximum atomic E-state index is 12.5. The highest BCUT2D eigenvalue weighted by Crippen LogP contribution is 2.22. The molecule has 2 heterocycles. The van der Waals surface area contributed by atoms with Crippen LogP contribution in [-0.4, -0.2) is 15.5 Å². The van der Waals surface area contributed by atoms with E-state index in [2.05, 4.69) is 33.3 Å². The Morgan fingerprint density at radius 1 is 1.33 bits per heavy atom. The van der Waals surface area contributed by atoms with Crippen LogP contribution < -0.4 is 5.32 Å². The van der Waals surface area contributed by atoms with Crippen molar-refractivity contribution >= 4 is 33.0 Å². The van der Waals surface area contributed by atoms with Crippen molar-refractivity contribution in [2.45, 2.75) is 13.3 Å². The Bertz CT molecular complexity index is 810. The van der Waals surface area contributed by atoms with Crippen molar-refractivity contribution < 1.29 is 4.79 Å². The van der Waals surface area contributed by atoms with E-state index in [0.717, 1.165) is 27.7 Å². The van der Waals surface area contributed by atoms with Gasteiger partial charge in [-0.1, -0.05) is 28.9 Å². The zero-order chi connectivity index (χ0) is 14.8. The Hall–Kier alpha value is -2.14. The second-order valence-corrected chi connectivity index (χ2v) is 5.61. The monoisotopic (exact) mass is 343 g/mol. The number of fused-ring (bicyclic) bond motifs is 1. The molecule has 0 aliphatic carbocycles. The number of hydrogen-bond acceptors (Lipinski definition) is 2. The van der Waals surface area contributed by atoms with Gasteiger partial charge in [0.25, 0.3) is 5.91 Å². The predicted molar refractivity (Wildman–Crippen MR) is 86.7 cm³/mol. The van der Waals surface area contributed by atoms with E-state index in [1.54, 1.807) is 10.7 Å². The lowest BCUT2D eigenvalue weighted by Gasteiger charge is -2.10. The van der Waals surface area contributed by atoms with Gasteiger partial charge < -0.3 is 5.32 Å². The van der Waals surface area contributed by atoms with E-state index in [9.17, 15) is 4.79 Å². The van der Waals surface area contributed by atoms with Gasteiger partial charge in [-0.05, 0) is 42.3 Å². The summed E-state index contributed by atoms with van der Waals surface area (Å²) in [5.74, 6) is -0.145. The maximum Gasteiger partial charge on any atom is 0.259 e. The van der Waals surface area contributed by atoms with Crippen LogP contribution in [0.15, 0.2) is 53.3 Å². The molecule has 0 spiro atoms. The lowest BCUT2D eigenvalue weighted by Crippen LogP contribution is -2.13. The highest BCUT2D eigenvalue weighted by atomic mass is 79.9. The molecule has 1 N–H and O–H groups in total. The Labute approximate surface area is 130 Å². The predicted octanol–water partition coefficient (Wildman–Crippen LogP) is 3.91. The third-order valence-electron chi connectivity index (χ3n) is 3.37. The molecule has 1 amide bonds. The van der Waals surface area contributed by atoms with Gasteiger partial charge in [0.15, 0.2) is 0 Å². The van der Waals surface area contributed by atoms with E-state index in [1.807, 2.05) is 42.6 Å². The topological polar surface area (TPSA) is 46.4 Å². The van der Waals surface area contributed by atoms with Crippen LogP contribution in [0.1, 0.15) is 22.8 Å². The van der Waals surface area contributed by atoms with Gasteiger partial charge in [-0.3, -0.25) is 4.79 Å². The standard InChI is InChI=1S/C16H14BrN3O/c1-2-11-9-12(17)6-7-14(11)19-16(21)13-10-18-20-8-4-3-5-15(13)20/h3-10H,2H2,1H3,(H,19,21). The fourth-order valence-corrected chi connectivity index (χ4v) is 2.68. The second kappa shape index (κ2) is 5.69. The van der Waals surface area contributed by atoms with Gasteiger partial charge in [0.05, 0.1) is 17.3 Å². The SMILES string of the molecule is CCc1cc(Br)ccc1NC(=O)c1cnn2ccccc12. The number of hydrogen-bond donors (Lipinski definition) is 1. The summed E-state index contributed by atoms with van der Waals surface area (Å²) in [6, 6.07) is 11.5. The maximum absolute atomic E-state index is 12.5. The lowest BCUT2D eigenvalue weighted by atomic mass is 10.1. The highest BCUT2D eigenvalue weighted by Gasteiger charge is 2.13. The number of carbonyl (C=O) groups is 1. The molecule has 0 fully saturated rings. The van der Waals surface area contributed by atoms with E-state index in [1.165, 1.54) is 0 Å².